The van der Waals surface area contributed by atoms with Gasteiger partial charge in [-0.1, -0.05) is 13.3 Å². The van der Waals surface area contributed by atoms with Crippen LogP contribution in [0.3, 0.4) is 0 Å². The summed E-state index contributed by atoms with van der Waals surface area (Å²) in [5.74, 6) is -0.874. The largest absolute Gasteiger partial charge is 0.491 e. The van der Waals surface area contributed by atoms with Crippen molar-refractivity contribution >= 4 is 46.4 Å². The highest BCUT2D eigenvalue weighted by Gasteiger charge is 2.36. The lowest BCUT2D eigenvalue weighted by atomic mass is 9.96. The molecule has 1 aromatic carbocycles. The van der Waals surface area contributed by atoms with Crippen LogP contribution in [0.1, 0.15) is 32.6 Å². The highest BCUT2D eigenvalue weighted by molar-refractivity contribution is 7.89. The molecule has 1 aromatic rings. The van der Waals surface area contributed by atoms with E-state index >= 15 is 0 Å². The van der Waals surface area contributed by atoms with Gasteiger partial charge in [-0.2, -0.15) is 4.31 Å². The molecule has 2 aliphatic rings. The molecule has 2 saturated heterocycles. The zero-order valence-electron chi connectivity index (χ0n) is 21.3. The number of nitrogens with zero attached hydrogens (tertiary/aromatic N) is 3. The summed E-state index contributed by atoms with van der Waals surface area (Å²) < 4.78 is 53.3. The lowest BCUT2D eigenvalue weighted by Crippen LogP contribution is -2.54. The molecule has 2 aliphatic heterocycles. The van der Waals surface area contributed by atoms with Crippen LogP contribution in [0.2, 0.25) is 0 Å². The molecule has 1 amide bonds. The summed E-state index contributed by atoms with van der Waals surface area (Å²) in [6.07, 6.45) is 2.92. The summed E-state index contributed by atoms with van der Waals surface area (Å²) in [6, 6.07) is 4.86. The first kappa shape index (κ1) is 33.6. The first-order valence-electron chi connectivity index (χ1n) is 12.2. The summed E-state index contributed by atoms with van der Waals surface area (Å²) in [5.41, 5.74) is 1.36. The second kappa shape index (κ2) is 15.9. The Morgan fingerprint density at radius 1 is 1.16 bits per heavy atom. The Balaban J connectivity index is 0.00000342. The molecule has 14 heteroatoms. The second-order valence-electron chi connectivity index (χ2n) is 8.96. The van der Waals surface area contributed by atoms with Crippen molar-refractivity contribution in [1.82, 2.24) is 14.7 Å². The van der Waals surface area contributed by atoms with Gasteiger partial charge in [0.1, 0.15) is 0 Å². The van der Waals surface area contributed by atoms with Crippen molar-refractivity contribution in [1.29, 1.82) is 0 Å². The Bertz CT molecular complexity index is 945. The van der Waals surface area contributed by atoms with E-state index in [4.69, 9.17) is 14.7 Å². The number of rotatable bonds is 11. The fraction of sp³-hybridized carbons (Fsp3) is 0.696. The SMILES string of the molecule is CCCCOc1ccc(N2CCN(S(=O)(=O)C(CN3CCC(C(=O)NO)CC3)OC)CC2)cc1F.Cl.Cl. The number of ether oxygens (including phenoxy) is 2. The Morgan fingerprint density at radius 2 is 1.81 bits per heavy atom. The molecule has 0 aliphatic carbocycles. The maximum atomic E-state index is 14.4. The van der Waals surface area contributed by atoms with Crippen molar-refractivity contribution in [3.8, 4) is 5.75 Å². The summed E-state index contributed by atoms with van der Waals surface area (Å²) >= 11 is 0. The van der Waals surface area contributed by atoms with Crippen molar-refractivity contribution in [3.63, 3.8) is 0 Å². The number of nitrogens with one attached hydrogen (secondary N) is 1. The topological polar surface area (TPSA) is 112 Å². The number of carbonyl (C=O) groups excluding carboxylic acids is 1. The van der Waals surface area contributed by atoms with Crippen LogP contribution in [-0.4, -0.2) is 93.7 Å². The summed E-state index contributed by atoms with van der Waals surface area (Å²) in [4.78, 5) is 15.5. The van der Waals surface area contributed by atoms with Gasteiger partial charge in [0, 0.05) is 57.5 Å². The zero-order chi connectivity index (χ0) is 25.4. The number of likely N-dealkylation sites (tertiary alicyclic amines) is 1. The number of benzene rings is 1. The smallest absolute Gasteiger partial charge is 0.246 e. The monoisotopic (exact) mass is 588 g/mol. The minimum Gasteiger partial charge on any atom is -0.491 e. The molecule has 0 radical (unpaired) electrons. The van der Waals surface area contributed by atoms with Gasteiger partial charge in [0.05, 0.1) is 6.61 Å². The molecule has 2 fully saturated rings. The van der Waals surface area contributed by atoms with Gasteiger partial charge in [0.15, 0.2) is 17.0 Å². The maximum Gasteiger partial charge on any atom is 0.246 e. The van der Waals surface area contributed by atoms with E-state index in [0.717, 1.165) is 12.8 Å². The van der Waals surface area contributed by atoms with Crippen molar-refractivity contribution in [2.45, 2.75) is 38.0 Å². The van der Waals surface area contributed by atoms with Crippen LogP contribution in [0.4, 0.5) is 10.1 Å². The van der Waals surface area contributed by atoms with Crippen LogP contribution in [0.25, 0.3) is 0 Å². The molecule has 10 nitrogen and oxygen atoms in total. The van der Waals surface area contributed by atoms with E-state index in [-0.39, 0.29) is 56.1 Å². The highest BCUT2D eigenvalue weighted by atomic mass is 35.5. The molecule has 214 valence electrons. The third kappa shape index (κ3) is 8.81. The number of hydroxylamine groups is 1. The number of amides is 1. The minimum absolute atomic E-state index is 0. The Kier molecular flexibility index (Phi) is 14.4. The average Bonchev–Trinajstić information content (AvgIpc) is 2.88. The van der Waals surface area contributed by atoms with E-state index in [2.05, 4.69) is 0 Å². The van der Waals surface area contributed by atoms with Gasteiger partial charge >= 0.3 is 0 Å². The molecule has 0 bridgehead atoms. The van der Waals surface area contributed by atoms with Gasteiger partial charge < -0.3 is 14.4 Å². The van der Waals surface area contributed by atoms with Gasteiger partial charge in [-0.05, 0) is 44.5 Å². The fourth-order valence-corrected chi connectivity index (χ4v) is 6.11. The molecular formula is C23H39Cl2FN4O6S. The average molecular weight is 590 g/mol. The van der Waals surface area contributed by atoms with Crippen LogP contribution in [0.5, 0.6) is 5.75 Å². The number of carbonyl (C=O) groups is 1. The summed E-state index contributed by atoms with van der Waals surface area (Å²) in [7, 11) is -2.33. The van der Waals surface area contributed by atoms with Crippen molar-refractivity contribution in [2.75, 3.05) is 64.4 Å². The van der Waals surface area contributed by atoms with Crippen molar-refractivity contribution < 1.29 is 32.3 Å². The van der Waals surface area contributed by atoms with E-state index in [1.54, 1.807) is 17.6 Å². The number of methoxy groups -OCH3 is 1. The first-order valence-corrected chi connectivity index (χ1v) is 13.7. The molecule has 1 unspecified atom stereocenters. The Morgan fingerprint density at radius 3 is 2.35 bits per heavy atom. The number of piperazine rings is 1. The molecular weight excluding hydrogens is 550 g/mol. The quantitative estimate of drug-likeness (QED) is 0.230. The van der Waals surface area contributed by atoms with Crippen LogP contribution in [0, 0.1) is 11.7 Å². The molecule has 0 aromatic heterocycles. The molecule has 0 saturated carbocycles. The summed E-state index contributed by atoms with van der Waals surface area (Å²) in [6.45, 7) is 5.24. The van der Waals surface area contributed by atoms with Gasteiger partial charge in [0.25, 0.3) is 0 Å². The molecule has 2 heterocycles. The lowest BCUT2D eigenvalue weighted by molar-refractivity contribution is -0.134. The number of unbranched alkanes of at least 4 members (excludes halogenated alkanes) is 1. The van der Waals surface area contributed by atoms with E-state index in [0.29, 0.717) is 51.3 Å². The number of piperidine rings is 1. The zero-order valence-corrected chi connectivity index (χ0v) is 23.8. The van der Waals surface area contributed by atoms with Gasteiger partial charge in [-0.25, -0.2) is 18.3 Å². The number of hydrogen-bond donors (Lipinski definition) is 2. The van der Waals surface area contributed by atoms with Gasteiger partial charge in [-0.3, -0.25) is 14.9 Å². The molecule has 37 heavy (non-hydrogen) atoms. The van der Waals surface area contributed by atoms with Crippen LogP contribution >= 0.6 is 24.8 Å². The van der Waals surface area contributed by atoms with Crippen LogP contribution in [-0.2, 0) is 19.6 Å². The fourth-order valence-electron chi connectivity index (χ4n) is 4.47. The number of anilines is 1. The third-order valence-corrected chi connectivity index (χ3v) is 8.80. The van der Waals surface area contributed by atoms with E-state index in [1.165, 1.54) is 17.5 Å². The number of halogens is 3. The van der Waals surface area contributed by atoms with E-state index in [1.807, 2.05) is 16.7 Å². The normalized spacial score (nSPS) is 18.4. The van der Waals surface area contributed by atoms with Crippen LogP contribution in [0.15, 0.2) is 18.2 Å². The predicted octanol–water partition coefficient (Wildman–Crippen LogP) is 2.49. The lowest BCUT2D eigenvalue weighted by Gasteiger charge is -2.38. The standard InChI is InChI=1S/C23H37FN4O6S.2ClH/c1-3-4-15-34-21-6-5-19(16-20(21)24)27-11-13-28(14-12-27)35(31,32)22(33-2)17-26-9-7-18(8-10-26)23(29)25-30;;/h5-6,16,18,22,30H,3-4,7-15,17H2,1-2H3,(H,25,29);2*1H. The van der Waals surface area contributed by atoms with Crippen molar-refractivity contribution in [2.24, 2.45) is 5.92 Å². The maximum absolute atomic E-state index is 14.4. The molecule has 1 atom stereocenters. The number of sulfonamides is 1. The summed E-state index contributed by atoms with van der Waals surface area (Å²) in [5, 5.41) is 8.80. The second-order valence-corrected chi connectivity index (χ2v) is 11.0. The third-order valence-electron chi connectivity index (χ3n) is 6.71. The highest BCUT2D eigenvalue weighted by Crippen LogP contribution is 2.26. The van der Waals surface area contributed by atoms with Crippen LogP contribution < -0.4 is 15.1 Å². The van der Waals surface area contributed by atoms with E-state index < -0.39 is 27.2 Å². The Hall–Kier alpha value is -1.41. The predicted molar refractivity (Wildman–Crippen MR) is 144 cm³/mol. The van der Waals surface area contributed by atoms with Gasteiger partial charge in [0.2, 0.25) is 15.9 Å². The first-order chi connectivity index (χ1) is 16.8. The molecule has 3 rings (SSSR count). The molecule has 0 spiro atoms. The minimum atomic E-state index is -3.71. The van der Waals surface area contributed by atoms with Gasteiger partial charge in [-0.15, -0.1) is 24.8 Å². The molecule has 2 N–H and O–H groups in total. The van der Waals surface area contributed by atoms with Crippen molar-refractivity contribution in [3.05, 3.63) is 24.0 Å². The Labute approximate surface area is 231 Å². The van der Waals surface area contributed by atoms with E-state index in [9.17, 15) is 17.6 Å². The number of hydrogen-bond acceptors (Lipinski definition) is 8.